The van der Waals surface area contributed by atoms with E-state index in [1.807, 2.05) is 6.08 Å². The number of carbonyl (C=O) groups is 1. The Morgan fingerprint density at radius 3 is 2.44 bits per heavy atom. The summed E-state index contributed by atoms with van der Waals surface area (Å²) in [7, 11) is 0. The molecule has 0 spiro atoms. The van der Waals surface area contributed by atoms with Crippen LogP contribution in [0, 0.1) is 5.92 Å². The third-order valence-electron chi connectivity index (χ3n) is 2.95. The summed E-state index contributed by atoms with van der Waals surface area (Å²) in [5, 5.41) is 0. The summed E-state index contributed by atoms with van der Waals surface area (Å²) in [5.41, 5.74) is 0. The van der Waals surface area contributed by atoms with Crippen molar-refractivity contribution in [3.8, 4) is 0 Å². The number of carbonyl (C=O) groups excluding carboxylic acids is 1. The van der Waals surface area contributed by atoms with E-state index in [9.17, 15) is 4.79 Å². The van der Waals surface area contributed by atoms with Gasteiger partial charge in [-0.2, -0.15) is 0 Å². The maximum atomic E-state index is 11.6. The van der Waals surface area contributed by atoms with Gasteiger partial charge in [-0.15, -0.1) is 6.58 Å². The maximum Gasteiger partial charge on any atom is 0.133 e. The first-order valence-corrected chi connectivity index (χ1v) is 6.83. The third kappa shape index (κ3) is 9.95. The molecule has 0 rings (SSSR count). The van der Waals surface area contributed by atoms with E-state index in [1.54, 1.807) is 0 Å². The summed E-state index contributed by atoms with van der Waals surface area (Å²) in [4.78, 5) is 11.6. The van der Waals surface area contributed by atoms with Crippen molar-refractivity contribution in [2.45, 2.75) is 71.6 Å². The quantitative estimate of drug-likeness (QED) is 0.360. The van der Waals surface area contributed by atoms with Crippen LogP contribution in [0.3, 0.4) is 0 Å². The number of allylic oxidation sites excluding steroid dienone is 1. The highest BCUT2D eigenvalue weighted by Crippen LogP contribution is 2.12. The van der Waals surface area contributed by atoms with E-state index in [-0.39, 0.29) is 0 Å². The summed E-state index contributed by atoms with van der Waals surface area (Å²) < 4.78 is 0. The van der Waals surface area contributed by atoms with Gasteiger partial charge >= 0.3 is 0 Å². The first-order chi connectivity index (χ1) is 7.70. The first kappa shape index (κ1) is 15.4. The highest BCUT2D eigenvalue weighted by atomic mass is 16.1. The molecule has 0 aliphatic rings. The van der Waals surface area contributed by atoms with Crippen molar-refractivity contribution < 1.29 is 4.79 Å². The number of rotatable bonds is 11. The second kappa shape index (κ2) is 10.9. The topological polar surface area (TPSA) is 17.1 Å². The van der Waals surface area contributed by atoms with E-state index in [0.29, 0.717) is 11.7 Å². The molecule has 94 valence electrons. The van der Waals surface area contributed by atoms with Gasteiger partial charge in [0.2, 0.25) is 0 Å². The Labute approximate surface area is 101 Å². The molecule has 1 nitrogen and oxygen atoms in total. The summed E-state index contributed by atoms with van der Waals surface area (Å²) in [6, 6.07) is 0. The van der Waals surface area contributed by atoms with E-state index in [0.717, 1.165) is 25.7 Å². The summed E-state index contributed by atoms with van der Waals surface area (Å²) in [6.07, 6.45) is 12.0. The van der Waals surface area contributed by atoms with Gasteiger partial charge in [0, 0.05) is 12.8 Å². The highest BCUT2D eigenvalue weighted by Gasteiger charge is 2.07. The monoisotopic (exact) mass is 224 g/mol. The Morgan fingerprint density at radius 2 is 1.81 bits per heavy atom. The fourth-order valence-electron chi connectivity index (χ4n) is 1.96. The zero-order valence-electron chi connectivity index (χ0n) is 11.1. The minimum absolute atomic E-state index is 0.435. The fraction of sp³-hybridized carbons (Fsp3) is 0.800. The van der Waals surface area contributed by atoms with Crippen LogP contribution in [0.5, 0.6) is 0 Å². The summed E-state index contributed by atoms with van der Waals surface area (Å²) >= 11 is 0. The van der Waals surface area contributed by atoms with Crippen molar-refractivity contribution >= 4 is 5.78 Å². The summed E-state index contributed by atoms with van der Waals surface area (Å²) in [5.74, 6) is 0.912. The van der Waals surface area contributed by atoms with Gasteiger partial charge < -0.3 is 0 Å². The molecule has 0 amide bonds. The molecule has 0 heterocycles. The van der Waals surface area contributed by atoms with Gasteiger partial charge in [-0.3, -0.25) is 4.79 Å². The molecule has 1 heteroatoms. The lowest BCUT2D eigenvalue weighted by Gasteiger charge is -2.07. The van der Waals surface area contributed by atoms with Gasteiger partial charge in [0.05, 0.1) is 0 Å². The minimum Gasteiger partial charge on any atom is -0.300 e. The smallest absolute Gasteiger partial charge is 0.133 e. The van der Waals surface area contributed by atoms with Gasteiger partial charge in [0.15, 0.2) is 0 Å². The lowest BCUT2D eigenvalue weighted by molar-refractivity contribution is -0.119. The minimum atomic E-state index is 0.435. The molecular weight excluding hydrogens is 196 g/mol. The van der Waals surface area contributed by atoms with Crippen molar-refractivity contribution in [1.29, 1.82) is 0 Å². The average Bonchev–Trinajstić information content (AvgIpc) is 2.23. The number of unbranched alkanes of at least 4 members (excludes halogenated alkanes) is 5. The van der Waals surface area contributed by atoms with Crippen LogP contribution in [0.15, 0.2) is 12.7 Å². The van der Waals surface area contributed by atoms with Crippen molar-refractivity contribution in [1.82, 2.24) is 0 Å². The zero-order valence-corrected chi connectivity index (χ0v) is 11.1. The predicted molar refractivity (Wildman–Crippen MR) is 71.6 cm³/mol. The Morgan fingerprint density at radius 1 is 1.19 bits per heavy atom. The Kier molecular flexibility index (Phi) is 10.5. The van der Waals surface area contributed by atoms with Gasteiger partial charge in [0.1, 0.15) is 5.78 Å². The van der Waals surface area contributed by atoms with Crippen LogP contribution in [-0.2, 0) is 4.79 Å². The highest BCUT2D eigenvalue weighted by molar-refractivity contribution is 5.78. The van der Waals surface area contributed by atoms with Crippen LogP contribution in [-0.4, -0.2) is 5.78 Å². The lowest BCUT2D eigenvalue weighted by Crippen LogP contribution is -2.04. The molecule has 0 fully saturated rings. The summed E-state index contributed by atoms with van der Waals surface area (Å²) in [6.45, 7) is 8.05. The molecule has 0 saturated carbocycles. The SMILES string of the molecule is C=CCC(C)CC(=O)CCCCCCCC. The van der Waals surface area contributed by atoms with Crippen molar-refractivity contribution in [2.24, 2.45) is 5.92 Å². The molecule has 0 aromatic carbocycles. The van der Waals surface area contributed by atoms with E-state index in [2.05, 4.69) is 20.4 Å². The van der Waals surface area contributed by atoms with Crippen molar-refractivity contribution in [2.75, 3.05) is 0 Å². The van der Waals surface area contributed by atoms with Crippen LogP contribution in [0.1, 0.15) is 71.6 Å². The maximum absolute atomic E-state index is 11.6. The second-order valence-corrected chi connectivity index (χ2v) is 4.89. The zero-order chi connectivity index (χ0) is 12.2. The van der Waals surface area contributed by atoms with Gasteiger partial charge in [-0.25, -0.2) is 0 Å². The second-order valence-electron chi connectivity index (χ2n) is 4.89. The molecule has 0 aliphatic carbocycles. The predicted octanol–water partition coefficient (Wildman–Crippen LogP) is 4.91. The van der Waals surface area contributed by atoms with Crippen LogP contribution >= 0.6 is 0 Å². The molecule has 16 heavy (non-hydrogen) atoms. The van der Waals surface area contributed by atoms with E-state index >= 15 is 0 Å². The molecule has 1 unspecified atom stereocenters. The molecule has 0 bridgehead atoms. The van der Waals surface area contributed by atoms with Gasteiger partial charge in [0.25, 0.3) is 0 Å². The molecule has 0 radical (unpaired) electrons. The number of hydrogen-bond donors (Lipinski definition) is 0. The van der Waals surface area contributed by atoms with Crippen LogP contribution < -0.4 is 0 Å². The number of ketones is 1. The van der Waals surface area contributed by atoms with Crippen LogP contribution in [0.2, 0.25) is 0 Å². The van der Waals surface area contributed by atoms with Gasteiger partial charge in [-0.1, -0.05) is 52.0 Å². The molecule has 0 aliphatic heterocycles. The Hall–Kier alpha value is -0.590. The number of Topliss-reactive ketones (excluding diaryl/α,β-unsaturated/α-hetero) is 1. The largest absolute Gasteiger partial charge is 0.300 e. The Bertz CT molecular complexity index is 184. The Balaban J connectivity index is 3.33. The van der Waals surface area contributed by atoms with Crippen molar-refractivity contribution in [3.05, 3.63) is 12.7 Å². The normalized spacial score (nSPS) is 12.4. The lowest BCUT2D eigenvalue weighted by atomic mass is 9.98. The van der Waals surface area contributed by atoms with Crippen LogP contribution in [0.4, 0.5) is 0 Å². The average molecular weight is 224 g/mol. The molecule has 0 aromatic rings. The fourth-order valence-corrected chi connectivity index (χ4v) is 1.96. The van der Waals surface area contributed by atoms with Crippen LogP contribution in [0.25, 0.3) is 0 Å². The first-order valence-electron chi connectivity index (χ1n) is 6.83. The molecule has 1 atom stereocenters. The molecule has 0 saturated heterocycles. The van der Waals surface area contributed by atoms with E-state index < -0.39 is 0 Å². The van der Waals surface area contributed by atoms with Crippen molar-refractivity contribution in [3.63, 3.8) is 0 Å². The molecular formula is C15H28O. The molecule has 0 N–H and O–H groups in total. The van der Waals surface area contributed by atoms with Gasteiger partial charge in [-0.05, 0) is 18.8 Å². The number of hydrogen-bond acceptors (Lipinski definition) is 1. The molecule has 0 aromatic heterocycles. The third-order valence-corrected chi connectivity index (χ3v) is 2.95. The standard InChI is InChI=1S/C15H28O/c1-4-6-7-8-9-10-12-15(16)13-14(3)11-5-2/h5,14H,2,4,6-13H2,1,3H3. The van der Waals surface area contributed by atoms with E-state index in [1.165, 1.54) is 32.1 Å². The van der Waals surface area contributed by atoms with E-state index in [4.69, 9.17) is 0 Å².